The third-order valence-corrected chi connectivity index (χ3v) is 12.1. The standard InChI is InChI=1S/C48H93NO8/c1-4-6-8-10-12-14-16-18-20-22-24-26-28-30-32-34-38-55-44(51)37-36-42(49-47-46(53)45(52)41(3)43(40-50)57-47)48(54)56-39-35-33-31-29-27-25-23-21-19-17-15-13-11-9-7-5-2/h41-43,45-47,49-50,52-53H,4-40H2,1-3H3/t41-,42?,43?,45-,46?,47-/m1/s1. The maximum absolute atomic E-state index is 13.2. The Bertz CT molecular complexity index is 904. The second-order valence-corrected chi connectivity index (χ2v) is 17.4. The van der Waals surface area contributed by atoms with E-state index in [2.05, 4.69) is 19.2 Å². The fourth-order valence-electron chi connectivity index (χ4n) is 8.01. The van der Waals surface area contributed by atoms with E-state index in [1.165, 1.54) is 167 Å². The Balaban J connectivity index is 2.26. The molecule has 6 atom stereocenters. The molecule has 1 rings (SSSR count). The summed E-state index contributed by atoms with van der Waals surface area (Å²) in [7, 11) is 0. The molecule has 1 saturated heterocycles. The summed E-state index contributed by atoms with van der Waals surface area (Å²) in [6.07, 6.45) is 36.7. The van der Waals surface area contributed by atoms with Crippen LogP contribution in [0.4, 0.5) is 0 Å². The highest BCUT2D eigenvalue weighted by molar-refractivity contribution is 5.77. The van der Waals surface area contributed by atoms with Crippen LogP contribution in [0.3, 0.4) is 0 Å². The molecule has 0 saturated carbocycles. The molecule has 1 fully saturated rings. The van der Waals surface area contributed by atoms with Crippen LogP contribution in [0.1, 0.15) is 239 Å². The van der Waals surface area contributed by atoms with Crippen molar-refractivity contribution in [1.82, 2.24) is 5.32 Å². The Morgan fingerprint density at radius 1 is 0.544 bits per heavy atom. The number of ether oxygens (including phenoxy) is 3. The summed E-state index contributed by atoms with van der Waals surface area (Å²) in [6, 6.07) is -0.936. The zero-order chi connectivity index (χ0) is 41.6. The fourth-order valence-corrected chi connectivity index (χ4v) is 8.01. The van der Waals surface area contributed by atoms with Crippen molar-refractivity contribution in [3.8, 4) is 0 Å². The van der Waals surface area contributed by atoms with Crippen LogP contribution in [0.5, 0.6) is 0 Å². The first-order valence-corrected chi connectivity index (χ1v) is 24.6. The van der Waals surface area contributed by atoms with Gasteiger partial charge in [0, 0.05) is 12.3 Å². The molecule has 9 heteroatoms. The number of unbranched alkanes of at least 4 members (excludes halogenated alkanes) is 30. The first-order valence-electron chi connectivity index (χ1n) is 24.6. The highest BCUT2D eigenvalue weighted by atomic mass is 16.6. The van der Waals surface area contributed by atoms with Crippen molar-refractivity contribution in [3.05, 3.63) is 0 Å². The number of aliphatic hydroxyl groups excluding tert-OH is 3. The molecule has 0 amide bonds. The molecule has 0 spiro atoms. The van der Waals surface area contributed by atoms with Crippen LogP contribution in [0.2, 0.25) is 0 Å². The first-order chi connectivity index (χ1) is 27.8. The monoisotopic (exact) mass is 812 g/mol. The van der Waals surface area contributed by atoms with Gasteiger partial charge in [-0.25, -0.2) is 0 Å². The SMILES string of the molecule is CCCCCCCCCCCCCCCCCCOC(=O)CCC(N[C@@H]1OC(CO)[C@@H](C)[C@@H](O)C1O)C(=O)OCCCCCCCCCCCCCCCCCC. The maximum Gasteiger partial charge on any atom is 0.323 e. The minimum Gasteiger partial charge on any atom is -0.466 e. The van der Waals surface area contributed by atoms with Crippen LogP contribution >= 0.6 is 0 Å². The maximum atomic E-state index is 13.2. The summed E-state index contributed by atoms with van der Waals surface area (Å²) in [4.78, 5) is 25.9. The van der Waals surface area contributed by atoms with E-state index in [9.17, 15) is 24.9 Å². The molecule has 4 N–H and O–H groups in total. The molecule has 0 aromatic heterocycles. The Hall–Kier alpha value is -1.26. The molecule has 0 bridgehead atoms. The molecule has 1 aliphatic heterocycles. The van der Waals surface area contributed by atoms with Crippen molar-refractivity contribution in [1.29, 1.82) is 0 Å². The molecule has 57 heavy (non-hydrogen) atoms. The van der Waals surface area contributed by atoms with Crippen LogP contribution < -0.4 is 5.32 Å². The molecular weight excluding hydrogens is 719 g/mol. The lowest BCUT2D eigenvalue weighted by molar-refractivity contribution is -0.216. The largest absolute Gasteiger partial charge is 0.466 e. The Kier molecular flexibility index (Phi) is 36.7. The number of carbonyl (C=O) groups is 2. The predicted octanol–water partition coefficient (Wildman–Crippen LogP) is 11.4. The van der Waals surface area contributed by atoms with Gasteiger partial charge in [0.1, 0.15) is 18.4 Å². The number of esters is 2. The molecule has 3 unspecified atom stereocenters. The van der Waals surface area contributed by atoms with Gasteiger partial charge < -0.3 is 29.5 Å². The molecule has 0 aromatic carbocycles. The van der Waals surface area contributed by atoms with Crippen molar-refractivity contribution in [2.24, 2.45) is 5.92 Å². The van der Waals surface area contributed by atoms with Gasteiger partial charge in [0.15, 0.2) is 0 Å². The predicted molar refractivity (Wildman–Crippen MR) is 234 cm³/mol. The molecule has 9 nitrogen and oxygen atoms in total. The lowest BCUT2D eigenvalue weighted by Crippen LogP contribution is -2.62. The third-order valence-electron chi connectivity index (χ3n) is 12.1. The quantitative estimate of drug-likeness (QED) is 0.0351. The number of nitrogens with one attached hydrogen (secondary N) is 1. The van der Waals surface area contributed by atoms with E-state index in [1.54, 1.807) is 6.92 Å². The zero-order valence-corrected chi connectivity index (χ0v) is 37.5. The second-order valence-electron chi connectivity index (χ2n) is 17.4. The Labute approximate surface area is 350 Å². The number of carbonyl (C=O) groups excluding carboxylic acids is 2. The van der Waals surface area contributed by atoms with Crippen molar-refractivity contribution in [2.75, 3.05) is 19.8 Å². The Morgan fingerprint density at radius 2 is 0.895 bits per heavy atom. The average molecular weight is 812 g/mol. The fraction of sp³-hybridized carbons (Fsp3) is 0.958. The van der Waals surface area contributed by atoms with E-state index in [0.717, 1.165) is 38.5 Å². The molecular formula is C48H93NO8. The number of hydrogen-bond donors (Lipinski definition) is 4. The average Bonchev–Trinajstić information content (AvgIpc) is 3.21. The van der Waals surface area contributed by atoms with E-state index in [-0.39, 0.29) is 32.0 Å². The van der Waals surface area contributed by atoms with E-state index in [4.69, 9.17) is 14.2 Å². The van der Waals surface area contributed by atoms with Gasteiger partial charge in [-0.1, -0.05) is 213 Å². The summed E-state index contributed by atoms with van der Waals surface area (Å²) < 4.78 is 16.9. The van der Waals surface area contributed by atoms with Crippen molar-refractivity contribution < 1.29 is 39.1 Å². The van der Waals surface area contributed by atoms with Gasteiger partial charge in [-0.15, -0.1) is 0 Å². The van der Waals surface area contributed by atoms with Crippen molar-refractivity contribution in [2.45, 2.75) is 270 Å². The Morgan fingerprint density at radius 3 is 1.26 bits per heavy atom. The van der Waals surface area contributed by atoms with Gasteiger partial charge in [-0.2, -0.15) is 0 Å². The summed E-state index contributed by atoms with van der Waals surface area (Å²) in [5, 5.41) is 34.0. The van der Waals surface area contributed by atoms with Crippen LogP contribution in [-0.2, 0) is 23.8 Å². The van der Waals surface area contributed by atoms with Crippen LogP contribution in [0, 0.1) is 5.92 Å². The van der Waals surface area contributed by atoms with Gasteiger partial charge in [0.2, 0.25) is 0 Å². The highest BCUT2D eigenvalue weighted by Gasteiger charge is 2.43. The minimum absolute atomic E-state index is 0.00979. The van der Waals surface area contributed by atoms with Crippen molar-refractivity contribution >= 4 is 11.9 Å². The normalized spacial score (nSPS) is 20.1. The van der Waals surface area contributed by atoms with Crippen LogP contribution in [-0.4, -0.2) is 77.7 Å². The van der Waals surface area contributed by atoms with Gasteiger partial charge in [0.05, 0.1) is 32.0 Å². The van der Waals surface area contributed by atoms with Gasteiger partial charge in [-0.3, -0.25) is 14.9 Å². The zero-order valence-electron chi connectivity index (χ0n) is 37.5. The minimum atomic E-state index is -1.31. The van der Waals surface area contributed by atoms with E-state index >= 15 is 0 Å². The summed E-state index contributed by atoms with van der Waals surface area (Å²) >= 11 is 0. The number of aliphatic hydroxyl groups is 3. The third kappa shape index (κ3) is 29.6. The topological polar surface area (TPSA) is 135 Å². The summed E-state index contributed by atoms with van der Waals surface area (Å²) in [6.45, 7) is 6.56. The molecule has 1 aliphatic rings. The highest BCUT2D eigenvalue weighted by Crippen LogP contribution is 2.25. The van der Waals surface area contributed by atoms with E-state index < -0.39 is 42.5 Å². The molecule has 1 heterocycles. The second kappa shape index (κ2) is 38.9. The van der Waals surface area contributed by atoms with Crippen LogP contribution in [0.25, 0.3) is 0 Å². The van der Waals surface area contributed by atoms with Crippen molar-refractivity contribution in [3.63, 3.8) is 0 Å². The number of hydrogen-bond acceptors (Lipinski definition) is 9. The first kappa shape index (κ1) is 53.8. The molecule has 0 aliphatic carbocycles. The van der Waals surface area contributed by atoms with Gasteiger partial charge >= 0.3 is 11.9 Å². The van der Waals surface area contributed by atoms with E-state index in [0.29, 0.717) is 6.61 Å². The lowest BCUT2D eigenvalue weighted by Gasteiger charge is -2.42. The summed E-state index contributed by atoms with van der Waals surface area (Å²) in [5.41, 5.74) is 0. The molecule has 0 aromatic rings. The number of rotatable bonds is 41. The van der Waals surface area contributed by atoms with E-state index in [1.807, 2.05) is 0 Å². The van der Waals surface area contributed by atoms with Crippen LogP contribution in [0.15, 0.2) is 0 Å². The smallest absolute Gasteiger partial charge is 0.323 e. The molecule has 338 valence electrons. The van der Waals surface area contributed by atoms with Gasteiger partial charge in [0.25, 0.3) is 0 Å². The van der Waals surface area contributed by atoms with Gasteiger partial charge in [-0.05, 0) is 19.3 Å². The molecule has 0 radical (unpaired) electrons. The summed E-state index contributed by atoms with van der Waals surface area (Å²) in [5.74, 6) is -1.38. The lowest BCUT2D eigenvalue weighted by atomic mass is 9.90.